The predicted octanol–water partition coefficient (Wildman–Crippen LogP) is 0.923. The van der Waals surface area contributed by atoms with Gasteiger partial charge in [0.05, 0.1) is 7.11 Å². The molecule has 4 heteroatoms. The van der Waals surface area contributed by atoms with Gasteiger partial charge in [0.2, 0.25) is 0 Å². The summed E-state index contributed by atoms with van der Waals surface area (Å²) in [5, 5.41) is 0.685. The Labute approximate surface area is 77.3 Å². The summed E-state index contributed by atoms with van der Waals surface area (Å²) in [6, 6.07) is 0. The highest BCUT2D eigenvalue weighted by atomic mass is 35.5. The number of hydrogen-bond donors (Lipinski definition) is 1. The maximum atomic E-state index is 6.00. The Hall–Kier alpha value is -0.250. The number of nitrogens with zero attached hydrogens (tertiary/aromatic N) is 1. The molecule has 0 radical (unpaired) electrons. The number of hydrogen-bond acceptors (Lipinski definition) is 3. The van der Waals surface area contributed by atoms with Gasteiger partial charge in [0.1, 0.15) is 5.16 Å². The molecule has 2 aliphatic rings. The van der Waals surface area contributed by atoms with Crippen molar-refractivity contribution in [2.45, 2.75) is 6.42 Å². The van der Waals surface area contributed by atoms with Gasteiger partial charge < -0.3 is 0 Å². The summed E-state index contributed by atoms with van der Waals surface area (Å²) < 4.78 is 0. The Kier molecular flexibility index (Phi) is 2.26. The zero-order chi connectivity index (χ0) is 8.55. The number of hydroxylamine groups is 1. The van der Waals surface area contributed by atoms with Crippen LogP contribution in [-0.2, 0) is 4.84 Å². The zero-order valence-electron chi connectivity index (χ0n) is 7.14. The maximum absolute atomic E-state index is 6.00. The molecule has 2 unspecified atom stereocenters. The van der Waals surface area contributed by atoms with E-state index < -0.39 is 0 Å². The van der Waals surface area contributed by atoms with Crippen LogP contribution in [0, 0.1) is 5.92 Å². The Bertz CT molecular complexity index is 217. The minimum Gasteiger partial charge on any atom is -0.299 e. The van der Waals surface area contributed by atoms with E-state index in [1.165, 1.54) is 25.1 Å². The predicted molar refractivity (Wildman–Crippen MR) is 47.6 cm³/mol. The first-order valence-electron chi connectivity index (χ1n) is 4.21. The van der Waals surface area contributed by atoms with Gasteiger partial charge in [-0.3, -0.25) is 15.2 Å². The average molecular weight is 189 g/mol. The third-order valence-electron chi connectivity index (χ3n) is 2.63. The smallest absolute Gasteiger partial charge is 0.127 e. The quantitative estimate of drug-likeness (QED) is 0.516. The molecule has 2 rings (SSSR count). The normalized spacial score (nSPS) is 37.2. The van der Waals surface area contributed by atoms with Crippen LogP contribution in [0.4, 0.5) is 0 Å². The minimum absolute atomic E-state index is 0.667. The van der Waals surface area contributed by atoms with E-state index >= 15 is 0 Å². The van der Waals surface area contributed by atoms with Crippen LogP contribution in [0.2, 0.25) is 0 Å². The summed E-state index contributed by atoms with van der Waals surface area (Å²) in [5.74, 6) is 0.667. The lowest BCUT2D eigenvalue weighted by Gasteiger charge is -2.16. The maximum Gasteiger partial charge on any atom is 0.127 e. The molecule has 3 nitrogen and oxygen atoms in total. The van der Waals surface area contributed by atoms with Gasteiger partial charge in [-0.2, -0.15) is 0 Å². The fourth-order valence-corrected chi connectivity index (χ4v) is 2.33. The Morgan fingerprint density at radius 2 is 2.58 bits per heavy atom. The topological polar surface area (TPSA) is 24.5 Å². The van der Waals surface area contributed by atoms with Gasteiger partial charge in [0.15, 0.2) is 0 Å². The van der Waals surface area contributed by atoms with Crippen molar-refractivity contribution >= 4 is 11.6 Å². The highest BCUT2D eigenvalue weighted by molar-refractivity contribution is 6.29. The second kappa shape index (κ2) is 3.24. The summed E-state index contributed by atoms with van der Waals surface area (Å²) in [6.07, 6.45) is 1.25. The Morgan fingerprint density at radius 3 is 3.08 bits per heavy atom. The molecule has 0 spiro atoms. The average Bonchev–Trinajstić information content (AvgIpc) is 2.64. The highest BCUT2D eigenvalue weighted by Gasteiger charge is 2.35. The molecular formula is C8H13ClN2O. The second-order valence-corrected chi connectivity index (χ2v) is 3.74. The lowest BCUT2D eigenvalue weighted by Crippen LogP contribution is -2.20. The van der Waals surface area contributed by atoms with Crippen molar-refractivity contribution in [1.82, 2.24) is 10.4 Å². The van der Waals surface area contributed by atoms with E-state index in [-0.39, 0.29) is 0 Å². The number of nitrogens with one attached hydrogen (secondary N) is 1. The van der Waals surface area contributed by atoms with E-state index in [1.807, 2.05) is 0 Å². The van der Waals surface area contributed by atoms with Gasteiger partial charge in [-0.25, -0.2) is 0 Å². The van der Waals surface area contributed by atoms with Crippen molar-refractivity contribution in [1.29, 1.82) is 0 Å². The van der Waals surface area contributed by atoms with Gasteiger partial charge in [-0.1, -0.05) is 11.6 Å². The first-order chi connectivity index (χ1) is 5.81. The molecule has 12 heavy (non-hydrogen) atoms. The van der Waals surface area contributed by atoms with Gasteiger partial charge in [-0.15, -0.1) is 0 Å². The zero-order valence-corrected chi connectivity index (χ0v) is 7.90. The van der Waals surface area contributed by atoms with Crippen molar-refractivity contribution in [3.8, 4) is 0 Å². The molecule has 1 N–H and O–H groups in total. The van der Waals surface area contributed by atoms with Crippen molar-refractivity contribution in [3.05, 3.63) is 10.7 Å². The molecule has 2 heterocycles. The van der Waals surface area contributed by atoms with Gasteiger partial charge in [0.25, 0.3) is 0 Å². The number of piperidine rings is 1. The fourth-order valence-electron chi connectivity index (χ4n) is 2.03. The molecule has 0 aromatic carbocycles. The monoisotopic (exact) mass is 188 g/mol. The molecule has 68 valence electrons. The molecule has 2 fully saturated rings. The van der Waals surface area contributed by atoms with E-state index in [0.29, 0.717) is 11.1 Å². The van der Waals surface area contributed by atoms with E-state index in [4.69, 9.17) is 16.4 Å². The summed E-state index contributed by atoms with van der Waals surface area (Å²) in [5.41, 5.74) is 4.00. The Balaban J connectivity index is 2.09. The van der Waals surface area contributed by atoms with Crippen LogP contribution in [0.15, 0.2) is 10.7 Å². The highest BCUT2D eigenvalue weighted by Crippen LogP contribution is 2.34. The third-order valence-corrected chi connectivity index (χ3v) is 2.95. The largest absolute Gasteiger partial charge is 0.299 e. The molecule has 2 aliphatic heterocycles. The second-order valence-electron chi connectivity index (χ2n) is 3.37. The van der Waals surface area contributed by atoms with Crippen LogP contribution >= 0.6 is 11.6 Å². The van der Waals surface area contributed by atoms with E-state index in [1.54, 1.807) is 7.11 Å². The Morgan fingerprint density at radius 1 is 1.75 bits per heavy atom. The van der Waals surface area contributed by atoms with Gasteiger partial charge in [0, 0.05) is 13.1 Å². The number of rotatable bonds is 2. The van der Waals surface area contributed by atoms with Crippen LogP contribution in [0.3, 0.4) is 0 Å². The minimum atomic E-state index is 0.667. The van der Waals surface area contributed by atoms with Crippen molar-refractivity contribution in [2.24, 2.45) is 5.92 Å². The molecule has 2 atom stereocenters. The van der Waals surface area contributed by atoms with Crippen LogP contribution in [-0.4, -0.2) is 31.6 Å². The van der Waals surface area contributed by atoms with E-state index in [9.17, 15) is 0 Å². The van der Waals surface area contributed by atoms with Gasteiger partial charge in [-0.05, 0) is 24.5 Å². The summed E-state index contributed by atoms with van der Waals surface area (Å²) in [6.45, 7) is 3.42. The molecule has 0 aliphatic carbocycles. The lowest BCUT2D eigenvalue weighted by atomic mass is 10.0. The molecule has 0 aromatic rings. The number of fused-ring (bicyclic) bond motifs is 2. The summed E-state index contributed by atoms with van der Waals surface area (Å²) in [7, 11) is 1.58. The van der Waals surface area contributed by atoms with Crippen molar-refractivity contribution in [3.63, 3.8) is 0 Å². The fraction of sp³-hybridized carbons (Fsp3) is 0.750. The standard InChI is InChI=1S/C8H13ClN2O/c1-12-10-8(9)7-5-11-3-2-6(7)4-11/h6,10H,2-5H2,1H3. The molecular weight excluding hydrogens is 176 g/mol. The van der Waals surface area contributed by atoms with Crippen LogP contribution in [0.5, 0.6) is 0 Å². The lowest BCUT2D eigenvalue weighted by molar-refractivity contribution is 0.123. The van der Waals surface area contributed by atoms with Crippen LogP contribution in [0.25, 0.3) is 0 Å². The van der Waals surface area contributed by atoms with Crippen LogP contribution < -0.4 is 5.48 Å². The van der Waals surface area contributed by atoms with E-state index in [0.717, 1.165) is 6.54 Å². The molecule has 0 saturated carbocycles. The number of halogens is 1. The molecule has 2 saturated heterocycles. The first kappa shape index (κ1) is 8.35. The molecule has 0 aromatic heterocycles. The van der Waals surface area contributed by atoms with Crippen molar-refractivity contribution in [2.75, 3.05) is 26.7 Å². The summed E-state index contributed by atoms with van der Waals surface area (Å²) in [4.78, 5) is 7.18. The molecule has 0 amide bonds. The summed E-state index contributed by atoms with van der Waals surface area (Å²) >= 11 is 6.00. The van der Waals surface area contributed by atoms with E-state index in [2.05, 4.69) is 10.4 Å². The SMILES string of the molecule is CONC(Cl)=C1CN2CCC1C2. The third kappa shape index (κ3) is 1.32. The van der Waals surface area contributed by atoms with Crippen LogP contribution in [0.1, 0.15) is 6.42 Å². The van der Waals surface area contributed by atoms with Crippen molar-refractivity contribution < 1.29 is 4.84 Å². The molecule has 2 bridgehead atoms. The van der Waals surface area contributed by atoms with Gasteiger partial charge >= 0.3 is 0 Å². The first-order valence-corrected chi connectivity index (χ1v) is 4.59.